The maximum atomic E-state index is 13.0. The number of amides is 2. The van der Waals surface area contributed by atoms with Gasteiger partial charge in [0, 0.05) is 6.54 Å². The molecule has 0 radical (unpaired) electrons. The zero-order chi connectivity index (χ0) is 19.7. The summed E-state index contributed by atoms with van der Waals surface area (Å²) >= 11 is 5.21. The molecule has 3 aromatic rings. The van der Waals surface area contributed by atoms with Crippen LogP contribution in [0.15, 0.2) is 60.2 Å². The highest BCUT2D eigenvalue weighted by molar-refractivity contribution is 7.80. The fraction of sp³-hybridized carbons (Fsp3) is 0.174. The highest BCUT2D eigenvalue weighted by Gasteiger charge is 2.33. The smallest absolute Gasteiger partial charge is 0.265 e. The zero-order valence-electron chi connectivity index (χ0n) is 15.6. The lowest BCUT2D eigenvalue weighted by Crippen LogP contribution is -2.54. The molecule has 2 amide bonds. The number of fused-ring (bicyclic) bond motifs is 2. The van der Waals surface area contributed by atoms with E-state index in [2.05, 4.69) is 18.3 Å². The molecule has 0 aromatic heterocycles. The van der Waals surface area contributed by atoms with Crippen molar-refractivity contribution in [1.29, 1.82) is 0 Å². The Morgan fingerprint density at radius 1 is 1.00 bits per heavy atom. The standard InChI is InChI=1S/C23H20N2O2S/c1-2-3-12-25-22(27)20(21(26)24-23(25)28)14-19-17-10-6-4-8-15(17)13-16-9-5-7-11-18(16)19/h4-11,13-14H,2-3,12H2,1H3,(H,24,26,28). The summed E-state index contributed by atoms with van der Waals surface area (Å²) in [4.78, 5) is 27.1. The second-order valence-electron chi connectivity index (χ2n) is 6.86. The van der Waals surface area contributed by atoms with Crippen LogP contribution in [0.25, 0.3) is 27.6 Å². The summed E-state index contributed by atoms with van der Waals surface area (Å²) in [6.45, 7) is 2.55. The molecular weight excluding hydrogens is 368 g/mol. The lowest BCUT2D eigenvalue weighted by atomic mass is 9.94. The molecule has 5 heteroatoms. The molecule has 28 heavy (non-hydrogen) atoms. The van der Waals surface area contributed by atoms with E-state index in [1.807, 2.05) is 48.5 Å². The fourth-order valence-corrected chi connectivity index (χ4v) is 3.83. The van der Waals surface area contributed by atoms with Gasteiger partial charge in [-0.2, -0.15) is 0 Å². The normalized spacial score (nSPS) is 16.2. The van der Waals surface area contributed by atoms with Gasteiger partial charge >= 0.3 is 0 Å². The van der Waals surface area contributed by atoms with Gasteiger partial charge in [0.05, 0.1) is 0 Å². The van der Waals surface area contributed by atoms with Crippen molar-refractivity contribution in [1.82, 2.24) is 10.2 Å². The van der Waals surface area contributed by atoms with Crippen LogP contribution >= 0.6 is 12.2 Å². The predicted octanol–water partition coefficient (Wildman–Crippen LogP) is 4.42. The zero-order valence-corrected chi connectivity index (χ0v) is 16.4. The van der Waals surface area contributed by atoms with Crippen molar-refractivity contribution in [3.05, 3.63) is 65.7 Å². The van der Waals surface area contributed by atoms with Crippen LogP contribution in [0, 0.1) is 0 Å². The molecular formula is C23H20N2O2S. The molecule has 0 aliphatic carbocycles. The number of hydrogen-bond acceptors (Lipinski definition) is 3. The van der Waals surface area contributed by atoms with Gasteiger partial charge in [0.2, 0.25) is 0 Å². The van der Waals surface area contributed by atoms with Gasteiger partial charge in [-0.1, -0.05) is 61.9 Å². The number of carbonyl (C=O) groups excluding carboxylic acids is 2. The summed E-state index contributed by atoms with van der Waals surface area (Å²) in [5.74, 6) is -0.779. The highest BCUT2D eigenvalue weighted by Crippen LogP contribution is 2.31. The lowest BCUT2D eigenvalue weighted by molar-refractivity contribution is -0.128. The maximum Gasteiger partial charge on any atom is 0.265 e. The molecule has 1 saturated heterocycles. The molecule has 3 aromatic carbocycles. The molecule has 0 bridgehead atoms. The van der Waals surface area contributed by atoms with E-state index in [9.17, 15) is 9.59 Å². The van der Waals surface area contributed by atoms with Gasteiger partial charge in [0.1, 0.15) is 5.57 Å². The highest BCUT2D eigenvalue weighted by atomic mass is 32.1. The van der Waals surface area contributed by atoms with Gasteiger partial charge < -0.3 is 0 Å². The summed E-state index contributed by atoms with van der Waals surface area (Å²) in [7, 11) is 0. The number of rotatable bonds is 4. The Hall–Kier alpha value is -3.05. The molecule has 0 spiro atoms. The lowest BCUT2D eigenvalue weighted by Gasteiger charge is -2.29. The first-order valence-electron chi connectivity index (χ1n) is 9.39. The maximum absolute atomic E-state index is 13.0. The Morgan fingerprint density at radius 2 is 1.61 bits per heavy atom. The molecule has 1 aliphatic rings. The first-order chi connectivity index (χ1) is 13.6. The van der Waals surface area contributed by atoms with Crippen LogP contribution in [0.4, 0.5) is 0 Å². The topological polar surface area (TPSA) is 49.4 Å². The van der Waals surface area contributed by atoms with Crippen LogP contribution in [-0.4, -0.2) is 28.4 Å². The van der Waals surface area contributed by atoms with E-state index >= 15 is 0 Å². The Balaban J connectivity index is 1.91. The second-order valence-corrected chi connectivity index (χ2v) is 7.25. The van der Waals surface area contributed by atoms with E-state index in [1.54, 1.807) is 6.08 Å². The Bertz CT molecular complexity index is 1100. The summed E-state index contributed by atoms with van der Waals surface area (Å²) in [5.41, 5.74) is 0.988. The molecule has 140 valence electrons. The monoisotopic (exact) mass is 388 g/mol. The second kappa shape index (κ2) is 7.52. The van der Waals surface area contributed by atoms with Gasteiger partial charge in [-0.3, -0.25) is 19.8 Å². The number of nitrogens with one attached hydrogen (secondary N) is 1. The molecule has 0 atom stereocenters. The van der Waals surface area contributed by atoms with Crippen LogP contribution < -0.4 is 5.32 Å². The van der Waals surface area contributed by atoms with Crippen LogP contribution in [0.1, 0.15) is 25.3 Å². The molecule has 1 aliphatic heterocycles. The summed E-state index contributed by atoms with van der Waals surface area (Å²) < 4.78 is 0. The summed E-state index contributed by atoms with van der Waals surface area (Å²) in [5, 5.41) is 6.98. The molecule has 1 heterocycles. The van der Waals surface area contributed by atoms with Crippen molar-refractivity contribution in [2.24, 2.45) is 0 Å². The number of benzene rings is 3. The van der Waals surface area contributed by atoms with E-state index < -0.39 is 5.91 Å². The molecule has 1 fully saturated rings. The molecule has 0 unspecified atom stereocenters. The number of hydrogen-bond donors (Lipinski definition) is 1. The van der Waals surface area contributed by atoms with Crippen molar-refractivity contribution < 1.29 is 9.59 Å². The first kappa shape index (κ1) is 18.3. The number of unbranched alkanes of at least 4 members (excludes halogenated alkanes) is 1. The van der Waals surface area contributed by atoms with E-state index in [0.717, 1.165) is 39.9 Å². The quantitative estimate of drug-likeness (QED) is 0.312. The average molecular weight is 388 g/mol. The third-order valence-corrected chi connectivity index (χ3v) is 5.35. The molecule has 4 nitrogen and oxygen atoms in total. The molecule has 1 N–H and O–H groups in total. The first-order valence-corrected chi connectivity index (χ1v) is 9.80. The van der Waals surface area contributed by atoms with Crippen molar-refractivity contribution >= 4 is 56.8 Å². The Labute approximate surface area is 168 Å². The number of nitrogens with zero attached hydrogens (tertiary/aromatic N) is 1. The third kappa shape index (κ3) is 3.18. The van der Waals surface area contributed by atoms with Crippen LogP contribution in [0.2, 0.25) is 0 Å². The largest absolute Gasteiger partial charge is 0.298 e. The van der Waals surface area contributed by atoms with E-state index in [1.165, 1.54) is 4.90 Å². The third-order valence-electron chi connectivity index (χ3n) is 5.02. The fourth-order valence-electron chi connectivity index (χ4n) is 3.56. The average Bonchev–Trinajstić information content (AvgIpc) is 2.70. The summed E-state index contributed by atoms with van der Waals surface area (Å²) in [6, 6.07) is 18.1. The van der Waals surface area contributed by atoms with Crippen molar-refractivity contribution in [3.63, 3.8) is 0 Å². The Morgan fingerprint density at radius 3 is 2.21 bits per heavy atom. The van der Waals surface area contributed by atoms with Crippen molar-refractivity contribution in [2.75, 3.05) is 6.54 Å². The van der Waals surface area contributed by atoms with Gasteiger partial charge in [0.25, 0.3) is 11.8 Å². The van der Waals surface area contributed by atoms with Gasteiger partial charge in [-0.15, -0.1) is 0 Å². The van der Waals surface area contributed by atoms with Crippen molar-refractivity contribution in [3.8, 4) is 0 Å². The summed E-state index contributed by atoms with van der Waals surface area (Å²) in [6.07, 6.45) is 3.47. The van der Waals surface area contributed by atoms with Gasteiger partial charge in [0.15, 0.2) is 5.11 Å². The number of carbonyl (C=O) groups is 2. The van der Waals surface area contributed by atoms with Crippen LogP contribution in [-0.2, 0) is 9.59 Å². The Kier molecular flexibility index (Phi) is 4.92. The van der Waals surface area contributed by atoms with E-state index in [4.69, 9.17) is 12.2 Å². The number of thiocarbonyl (C=S) groups is 1. The minimum atomic E-state index is -0.445. The van der Waals surface area contributed by atoms with E-state index in [-0.39, 0.29) is 16.6 Å². The minimum absolute atomic E-state index is 0.117. The molecule has 0 saturated carbocycles. The van der Waals surface area contributed by atoms with Crippen LogP contribution in [0.3, 0.4) is 0 Å². The minimum Gasteiger partial charge on any atom is -0.298 e. The van der Waals surface area contributed by atoms with E-state index in [0.29, 0.717) is 6.54 Å². The van der Waals surface area contributed by atoms with Gasteiger partial charge in [-0.05, 0) is 57.9 Å². The van der Waals surface area contributed by atoms with Gasteiger partial charge in [-0.25, -0.2) is 0 Å². The SMILES string of the molecule is CCCCN1C(=O)C(=Cc2c3ccccc3cc3ccccc23)C(=O)NC1=S. The van der Waals surface area contributed by atoms with Crippen LogP contribution in [0.5, 0.6) is 0 Å². The molecule has 4 rings (SSSR count). The predicted molar refractivity (Wildman–Crippen MR) is 117 cm³/mol. The van der Waals surface area contributed by atoms with Crippen molar-refractivity contribution in [2.45, 2.75) is 19.8 Å².